The van der Waals surface area contributed by atoms with Crippen molar-refractivity contribution in [3.8, 4) is 0 Å². The zero-order chi connectivity index (χ0) is 19.2. The van der Waals surface area contributed by atoms with Crippen molar-refractivity contribution < 1.29 is 9.53 Å². The summed E-state index contributed by atoms with van der Waals surface area (Å²) in [5.74, 6) is 0.164. The van der Waals surface area contributed by atoms with Crippen LogP contribution in [0.2, 0.25) is 0 Å². The minimum absolute atomic E-state index is 0.0829. The number of nitrogens with one attached hydrogen (secondary N) is 1. The minimum atomic E-state index is -0.309. The number of carbonyl (C=O) groups is 1. The molecular weight excluding hydrogens is 412 g/mol. The third-order valence-electron chi connectivity index (χ3n) is 4.04. The first-order valence-corrected chi connectivity index (χ1v) is 9.56. The maximum atomic E-state index is 12.5. The van der Waals surface area contributed by atoms with Crippen LogP contribution in [-0.4, -0.2) is 33.2 Å². The fourth-order valence-corrected chi connectivity index (χ4v) is 3.19. The molecule has 0 aliphatic rings. The molecule has 0 radical (unpaired) electrons. The number of anilines is 1. The molecule has 27 heavy (non-hydrogen) atoms. The van der Waals surface area contributed by atoms with Gasteiger partial charge in [-0.15, -0.1) is 0 Å². The Morgan fingerprint density at radius 2 is 2.07 bits per heavy atom. The van der Waals surface area contributed by atoms with E-state index in [0.29, 0.717) is 25.7 Å². The highest BCUT2D eigenvalue weighted by Crippen LogP contribution is 2.20. The molecule has 0 atom stereocenters. The third kappa shape index (κ3) is 4.84. The Balaban J connectivity index is 1.79. The number of hydrogen-bond acceptors (Lipinski definition) is 4. The molecule has 0 fully saturated rings. The van der Waals surface area contributed by atoms with Crippen molar-refractivity contribution in [2.45, 2.75) is 26.4 Å². The predicted octanol–water partition coefficient (Wildman–Crippen LogP) is 3.03. The van der Waals surface area contributed by atoms with Gasteiger partial charge in [0.2, 0.25) is 11.9 Å². The summed E-state index contributed by atoms with van der Waals surface area (Å²) < 4.78 is 9.46. The van der Waals surface area contributed by atoms with Gasteiger partial charge in [0.05, 0.1) is 11.0 Å². The van der Waals surface area contributed by atoms with Crippen LogP contribution in [0.25, 0.3) is 11.0 Å². The first kappa shape index (κ1) is 19.3. The Hall–Kier alpha value is -2.45. The van der Waals surface area contributed by atoms with E-state index in [1.165, 1.54) is 10.6 Å². The Morgan fingerprint density at radius 3 is 2.89 bits per heavy atom. The lowest BCUT2D eigenvalue weighted by Crippen LogP contribution is -2.27. The van der Waals surface area contributed by atoms with Gasteiger partial charge in [0.1, 0.15) is 6.54 Å². The van der Waals surface area contributed by atoms with Crippen LogP contribution in [-0.2, 0) is 22.6 Å². The largest absolute Gasteiger partial charge is 0.382 e. The summed E-state index contributed by atoms with van der Waals surface area (Å²) in [7, 11) is 0. The van der Waals surface area contributed by atoms with Crippen LogP contribution in [0.15, 0.2) is 51.9 Å². The van der Waals surface area contributed by atoms with Gasteiger partial charge in [0, 0.05) is 36.5 Å². The van der Waals surface area contributed by atoms with Gasteiger partial charge in [-0.3, -0.25) is 14.9 Å². The Bertz CT molecular complexity index is 996. The molecule has 0 saturated heterocycles. The lowest BCUT2D eigenvalue weighted by atomic mass is 10.3. The molecule has 0 aliphatic carbocycles. The minimum Gasteiger partial charge on any atom is -0.382 e. The highest BCUT2D eigenvalue weighted by atomic mass is 79.9. The molecule has 0 aliphatic heterocycles. The number of carbonyl (C=O) groups excluding carboxylic acids is 1. The normalized spacial score (nSPS) is 11.0. The van der Waals surface area contributed by atoms with Gasteiger partial charge in [0.25, 0.3) is 5.56 Å². The predicted molar refractivity (Wildman–Crippen MR) is 108 cm³/mol. The van der Waals surface area contributed by atoms with Gasteiger partial charge >= 0.3 is 0 Å². The molecule has 1 N–H and O–H groups in total. The number of pyridine rings is 1. The number of nitrogens with zero attached hydrogens (tertiary/aromatic N) is 3. The van der Waals surface area contributed by atoms with Crippen LogP contribution in [0.3, 0.4) is 0 Å². The molecule has 7 nitrogen and oxygen atoms in total. The van der Waals surface area contributed by atoms with E-state index in [0.717, 1.165) is 21.9 Å². The van der Waals surface area contributed by atoms with E-state index in [9.17, 15) is 9.59 Å². The molecule has 0 bridgehead atoms. The van der Waals surface area contributed by atoms with E-state index in [2.05, 4.69) is 26.2 Å². The SMILES string of the molecule is CCOCCCn1c(NC(=O)Cn2cc(Br)ccc2=O)nc2ccccc21. The Labute approximate surface area is 165 Å². The molecule has 2 heterocycles. The van der Waals surface area contributed by atoms with Crippen molar-refractivity contribution in [1.29, 1.82) is 0 Å². The number of ether oxygens (including phenoxy) is 1. The maximum absolute atomic E-state index is 12.5. The van der Waals surface area contributed by atoms with Gasteiger partial charge in [-0.1, -0.05) is 12.1 Å². The lowest BCUT2D eigenvalue weighted by molar-refractivity contribution is -0.116. The summed E-state index contributed by atoms with van der Waals surface area (Å²) in [6.45, 7) is 3.87. The van der Waals surface area contributed by atoms with Crippen LogP contribution in [0, 0.1) is 0 Å². The monoisotopic (exact) mass is 432 g/mol. The average Bonchev–Trinajstić information content (AvgIpc) is 2.99. The Kier molecular flexibility index (Phi) is 6.41. The van der Waals surface area contributed by atoms with Crippen LogP contribution in [0.1, 0.15) is 13.3 Å². The number of aromatic nitrogens is 3. The number of rotatable bonds is 8. The fourth-order valence-electron chi connectivity index (χ4n) is 2.81. The molecule has 2 aromatic heterocycles. The fraction of sp³-hybridized carbons (Fsp3) is 0.316. The number of hydrogen-bond donors (Lipinski definition) is 1. The molecule has 8 heteroatoms. The zero-order valence-corrected chi connectivity index (χ0v) is 16.6. The number of benzene rings is 1. The molecule has 3 rings (SSSR count). The molecule has 0 saturated carbocycles. The highest BCUT2D eigenvalue weighted by Gasteiger charge is 2.14. The van der Waals surface area contributed by atoms with E-state index in [4.69, 9.17) is 4.74 Å². The summed E-state index contributed by atoms with van der Waals surface area (Å²) in [5, 5.41) is 2.83. The maximum Gasteiger partial charge on any atom is 0.251 e. The lowest BCUT2D eigenvalue weighted by Gasteiger charge is -2.11. The van der Waals surface area contributed by atoms with Crippen molar-refractivity contribution in [3.05, 3.63) is 57.4 Å². The zero-order valence-electron chi connectivity index (χ0n) is 15.0. The van der Waals surface area contributed by atoms with Gasteiger partial charge in [0.15, 0.2) is 0 Å². The molecule has 1 amide bonds. The van der Waals surface area contributed by atoms with Crippen LogP contribution >= 0.6 is 15.9 Å². The number of para-hydroxylation sites is 2. The number of halogens is 1. The number of imidazole rings is 1. The van der Waals surface area contributed by atoms with Crippen molar-refractivity contribution in [2.75, 3.05) is 18.5 Å². The molecule has 1 aromatic carbocycles. The van der Waals surface area contributed by atoms with Gasteiger partial charge in [-0.25, -0.2) is 4.98 Å². The number of fused-ring (bicyclic) bond motifs is 1. The molecule has 142 valence electrons. The summed E-state index contributed by atoms with van der Waals surface area (Å²) in [4.78, 5) is 28.9. The van der Waals surface area contributed by atoms with E-state index in [1.54, 1.807) is 12.3 Å². The highest BCUT2D eigenvalue weighted by molar-refractivity contribution is 9.10. The summed E-state index contributed by atoms with van der Waals surface area (Å²) in [6, 6.07) is 10.8. The molecule has 0 unspecified atom stereocenters. The van der Waals surface area contributed by atoms with Crippen molar-refractivity contribution in [3.63, 3.8) is 0 Å². The van der Waals surface area contributed by atoms with Crippen molar-refractivity contribution in [2.24, 2.45) is 0 Å². The first-order chi connectivity index (χ1) is 13.1. The van der Waals surface area contributed by atoms with E-state index >= 15 is 0 Å². The summed E-state index contributed by atoms with van der Waals surface area (Å²) in [6.07, 6.45) is 2.40. The first-order valence-electron chi connectivity index (χ1n) is 8.77. The second-order valence-corrected chi connectivity index (χ2v) is 6.90. The van der Waals surface area contributed by atoms with Crippen LogP contribution in [0.4, 0.5) is 5.95 Å². The number of amides is 1. The smallest absolute Gasteiger partial charge is 0.251 e. The van der Waals surface area contributed by atoms with E-state index in [1.807, 2.05) is 35.8 Å². The summed E-state index contributed by atoms with van der Waals surface area (Å²) in [5.41, 5.74) is 1.52. The average molecular weight is 433 g/mol. The van der Waals surface area contributed by atoms with Crippen LogP contribution < -0.4 is 10.9 Å². The van der Waals surface area contributed by atoms with Crippen LogP contribution in [0.5, 0.6) is 0 Å². The summed E-state index contributed by atoms with van der Waals surface area (Å²) >= 11 is 3.31. The standard InChI is InChI=1S/C19H21BrN4O3/c1-2-27-11-5-10-24-16-7-4-3-6-15(16)21-19(24)22-17(25)13-23-12-14(20)8-9-18(23)26/h3-4,6-9,12H,2,5,10-11,13H2,1H3,(H,21,22,25). The molecule has 0 spiro atoms. The second-order valence-electron chi connectivity index (χ2n) is 5.99. The van der Waals surface area contributed by atoms with E-state index in [-0.39, 0.29) is 18.0 Å². The molecule has 3 aromatic rings. The number of aryl methyl sites for hydroxylation is 1. The topological polar surface area (TPSA) is 78.1 Å². The van der Waals surface area contributed by atoms with Crippen molar-refractivity contribution in [1.82, 2.24) is 14.1 Å². The quantitative estimate of drug-likeness (QED) is 0.554. The second kappa shape index (κ2) is 8.96. The molecular formula is C19H21BrN4O3. The van der Waals surface area contributed by atoms with E-state index < -0.39 is 0 Å². The Morgan fingerprint density at radius 1 is 1.26 bits per heavy atom. The van der Waals surface area contributed by atoms with Gasteiger partial charge < -0.3 is 13.9 Å². The van der Waals surface area contributed by atoms with Crippen molar-refractivity contribution >= 4 is 38.8 Å². The third-order valence-corrected chi connectivity index (χ3v) is 4.51. The van der Waals surface area contributed by atoms with Gasteiger partial charge in [-0.05, 0) is 47.5 Å². The van der Waals surface area contributed by atoms with Gasteiger partial charge in [-0.2, -0.15) is 0 Å².